The maximum atomic E-state index is 9.15. The number of nitrogens with two attached hydrogens (primary N) is 3. The molecule has 1 aliphatic rings. The van der Waals surface area contributed by atoms with E-state index in [0.29, 0.717) is 17.1 Å². The lowest BCUT2D eigenvalue weighted by Gasteiger charge is -2.31. The molecule has 1 aliphatic heterocycles. The van der Waals surface area contributed by atoms with Gasteiger partial charge in [-0.25, -0.2) is 15.8 Å². The standard InChI is InChI=1S/C23H26N8/c1-30(27)23-20(26)12-17(14-28-23)19-6-7-21(31-10-8-18(25)9-11-31)29-22(19)16-4-2-15(13-24)3-5-16/h2-7,12,14,18H,8-11,25-27H2,1H3. The fourth-order valence-electron chi connectivity index (χ4n) is 3.83. The lowest BCUT2D eigenvalue weighted by Crippen LogP contribution is -2.40. The maximum Gasteiger partial charge on any atom is 0.165 e. The Balaban J connectivity index is 1.80. The van der Waals surface area contributed by atoms with E-state index in [1.165, 1.54) is 5.01 Å². The van der Waals surface area contributed by atoms with Crippen LogP contribution in [-0.4, -0.2) is 36.1 Å². The van der Waals surface area contributed by atoms with Crippen molar-refractivity contribution < 1.29 is 0 Å². The summed E-state index contributed by atoms with van der Waals surface area (Å²) in [5.74, 6) is 7.22. The van der Waals surface area contributed by atoms with Gasteiger partial charge in [0, 0.05) is 49.1 Å². The van der Waals surface area contributed by atoms with Gasteiger partial charge in [0.25, 0.3) is 0 Å². The molecule has 2 aromatic heterocycles. The van der Waals surface area contributed by atoms with E-state index >= 15 is 0 Å². The second-order valence-electron chi connectivity index (χ2n) is 7.83. The number of nitriles is 1. The second-order valence-corrected chi connectivity index (χ2v) is 7.83. The predicted molar refractivity (Wildman–Crippen MR) is 124 cm³/mol. The molecular formula is C23H26N8. The molecule has 0 bridgehead atoms. The molecule has 3 aromatic rings. The molecule has 3 heterocycles. The first-order valence-corrected chi connectivity index (χ1v) is 10.2. The number of nitrogens with zero attached hydrogens (tertiary/aromatic N) is 5. The number of pyridine rings is 2. The van der Waals surface area contributed by atoms with Crippen LogP contribution in [0.3, 0.4) is 0 Å². The van der Waals surface area contributed by atoms with Gasteiger partial charge in [0.05, 0.1) is 23.0 Å². The zero-order valence-corrected chi connectivity index (χ0v) is 17.5. The molecular weight excluding hydrogens is 388 g/mol. The van der Waals surface area contributed by atoms with Crippen LogP contribution in [0.1, 0.15) is 18.4 Å². The molecule has 0 atom stereocenters. The van der Waals surface area contributed by atoms with Gasteiger partial charge in [0.15, 0.2) is 5.82 Å². The lowest BCUT2D eigenvalue weighted by molar-refractivity contribution is 0.499. The summed E-state index contributed by atoms with van der Waals surface area (Å²) in [6, 6.07) is 15.8. The molecule has 0 spiro atoms. The van der Waals surface area contributed by atoms with E-state index in [2.05, 4.69) is 16.0 Å². The minimum atomic E-state index is 0.252. The monoisotopic (exact) mass is 414 g/mol. The van der Waals surface area contributed by atoms with Gasteiger partial charge in [-0.15, -0.1) is 0 Å². The average Bonchev–Trinajstić information content (AvgIpc) is 2.79. The van der Waals surface area contributed by atoms with Gasteiger partial charge >= 0.3 is 0 Å². The molecule has 0 aliphatic carbocycles. The number of anilines is 3. The van der Waals surface area contributed by atoms with Crippen LogP contribution < -0.4 is 27.2 Å². The number of aromatic nitrogens is 2. The summed E-state index contributed by atoms with van der Waals surface area (Å²) in [6.07, 6.45) is 3.65. The van der Waals surface area contributed by atoms with Crippen molar-refractivity contribution in [2.75, 3.05) is 35.8 Å². The zero-order chi connectivity index (χ0) is 22.0. The SMILES string of the molecule is CN(N)c1ncc(-c2ccc(N3CCC(N)CC3)nc2-c2ccc(C#N)cc2)cc1N. The molecule has 0 amide bonds. The summed E-state index contributed by atoms with van der Waals surface area (Å²) in [6.45, 7) is 1.76. The highest BCUT2D eigenvalue weighted by atomic mass is 15.4. The van der Waals surface area contributed by atoms with E-state index in [0.717, 1.165) is 54.1 Å². The third kappa shape index (κ3) is 4.28. The normalized spacial score (nSPS) is 14.3. The Morgan fingerprint density at radius 2 is 1.81 bits per heavy atom. The van der Waals surface area contributed by atoms with E-state index in [-0.39, 0.29) is 6.04 Å². The molecule has 0 unspecified atom stereocenters. The quantitative estimate of drug-likeness (QED) is 0.438. The highest BCUT2D eigenvalue weighted by Gasteiger charge is 2.20. The minimum absolute atomic E-state index is 0.252. The molecule has 1 fully saturated rings. The van der Waals surface area contributed by atoms with Crippen LogP contribution in [0.15, 0.2) is 48.7 Å². The predicted octanol–water partition coefficient (Wildman–Crippen LogP) is 2.50. The number of rotatable bonds is 4. The Morgan fingerprint density at radius 1 is 1.10 bits per heavy atom. The van der Waals surface area contributed by atoms with Crippen LogP contribution in [0.4, 0.5) is 17.3 Å². The maximum absolute atomic E-state index is 9.15. The first-order valence-electron chi connectivity index (χ1n) is 10.2. The van der Waals surface area contributed by atoms with Gasteiger partial charge < -0.3 is 16.4 Å². The Bertz CT molecular complexity index is 1110. The third-order valence-electron chi connectivity index (χ3n) is 5.57. The van der Waals surface area contributed by atoms with Gasteiger partial charge in [0.1, 0.15) is 5.82 Å². The van der Waals surface area contributed by atoms with Crippen molar-refractivity contribution in [3.05, 3.63) is 54.2 Å². The fraction of sp³-hybridized carbons (Fsp3) is 0.261. The zero-order valence-electron chi connectivity index (χ0n) is 17.5. The molecule has 0 saturated carbocycles. The van der Waals surface area contributed by atoms with Crippen molar-refractivity contribution in [3.63, 3.8) is 0 Å². The van der Waals surface area contributed by atoms with Crippen LogP contribution in [0.2, 0.25) is 0 Å². The van der Waals surface area contributed by atoms with Crippen molar-refractivity contribution in [2.45, 2.75) is 18.9 Å². The van der Waals surface area contributed by atoms with E-state index in [4.69, 9.17) is 27.6 Å². The van der Waals surface area contributed by atoms with Crippen LogP contribution in [0.25, 0.3) is 22.4 Å². The second kappa shape index (κ2) is 8.60. The fourth-order valence-corrected chi connectivity index (χ4v) is 3.83. The summed E-state index contributed by atoms with van der Waals surface area (Å²) in [5, 5.41) is 10.5. The summed E-state index contributed by atoms with van der Waals surface area (Å²) >= 11 is 0. The Labute approximate surface area is 181 Å². The molecule has 1 aromatic carbocycles. The third-order valence-corrected chi connectivity index (χ3v) is 5.57. The van der Waals surface area contributed by atoms with Crippen molar-refractivity contribution in [3.8, 4) is 28.5 Å². The molecule has 4 rings (SSSR count). The number of hydrazine groups is 1. The summed E-state index contributed by atoms with van der Waals surface area (Å²) in [4.78, 5) is 11.7. The highest BCUT2D eigenvalue weighted by Crippen LogP contribution is 2.35. The summed E-state index contributed by atoms with van der Waals surface area (Å²) in [7, 11) is 1.70. The Morgan fingerprint density at radius 3 is 2.42 bits per heavy atom. The number of nitrogen functional groups attached to an aromatic ring is 1. The Hall–Kier alpha value is -3.67. The minimum Gasteiger partial charge on any atom is -0.396 e. The van der Waals surface area contributed by atoms with Crippen LogP contribution in [0, 0.1) is 11.3 Å². The van der Waals surface area contributed by atoms with E-state index in [9.17, 15) is 0 Å². The molecule has 8 heteroatoms. The topological polar surface area (TPSA) is 134 Å². The first-order chi connectivity index (χ1) is 15.0. The molecule has 6 N–H and O–H groups in total. The first kappa shape index (κ1) is 20.6. The van der Waals surface area contributed by atoms with Gasteiger partial charge in [-0.1, -0.05) is 12.1 Å². The largest absolute Gasteiger partial charge is 0.396 e. The number of hydrogen-bond donors (Lipinski definition) is 3. The van der Waals surface area contributed by atoms with Crippen LogP contribution in [-0.2, 0) is 0 Å². The molecule has 1 saturated heterocycles. The number of piperidine rings is 1. The number of benzene rings is 1. The smallest absolute Gasteiger partial charge is 0.165 e. The molecule has 0 radical (unpaired) electrons. The van der Waals surface area contributed by atoms with Crippen molar-refractivity contribution in [1.82, 2.24) is 9.97 Å². The number of hydrogen-bond acceptors (Lipinski definition) is 8. The van der Waals surface area contributed by atoms with Crippen LogP contribution >= 0.6 is 0 Å². The summed E-state index contributed by atoms with van der Waals surface area (Å²) < 4.78 is 0. The van der Waals surface area contributed by atoms with Gasteiger partial charge in [-0.3, -0.25) is 5.01 Å². The average molecular weight is 415 g/mol. The molecule has 31 heavy (non-hydrogen) atoms. The van der Waals surface area contributed by atoms with E-state index in [1.807, 2.05) is 30.3 Å². The van der Waals surface area contributed by atoms with E-state index < -0.39 is 0 Å². The van der Waals surface area contributed by atoms with Crippen LogP contribution in [0.5, 0.6) is 0 Å². The molecule has 158 valence electrons. The van der Waals surface area contributed by atoms with Crippen molar-refractivity contribution in [2.24, 2.45) is 11.6 Å². The van der Waals surface area contributed by atoms with Crippen molar-refractivity contribution in [1.29, 1.82) is 5.26 Å². The van der Waals surface area contributed by atoms with Gasteiger partial charge in [-0.05, 0) is 43.2 Å². The molecule has 8 nitrogen and oxygen atoms in total. The van der Waals surface area contributed by atoms with Crippen molar-refractivity contribution >= 4 is 17.3 Å². The highest BCUT2D eigenvalue weighted by molar-refractivity contribution is 5.84. The lowest BCUT2D eigenvalue weighted by atomic mass is 9.99. The van der Waals surface area contributed by atoms with Gasteiger partial charge in [0.2, 0.25) is 0 Å². The summed E-state index contributed by atoms with van der Waals surface area (Å²) in [5.41, 5.74) is 16.8. The van der Waals surface area contributed by atoms with E-state index in [1.54, 1.807) is 25.4 Å². The van der Waals surface area contributed by atoms with Gasteiger partial charge in [-0.2, -0.15) is 5.26 Å². The Kier molecular flexibility index (Phi) is 5.71.